The van der Waals surface area contributed by atoms with Gasteiger partial charge < -0.3 is 9.88 Å². The molecule has 2 heteroatoms. The SMILES string of the molecule is CC1CC1NCc1ccn(C)c1. The smallest absolute Gasteiger partial charge is 0.0223 e. The Labute approximate surface area is 73.6 Å². The summed E-state index contributed by atoms with van der Waals surface area (Å²) >= 11 is 0. The van der Waals surface area contributed by atoms with Crippen LogP contribution in [0.4, 0.5) is 0 Å². The van der Waals surface area contributed by atoms with E-state index in [2.05, 4.69) is 42.3 Å². The highest BCUT2D eigenvalue weighted by atomic mass is 15.0. The zero-order chi connectivity index (χ0) is 8.55. The first-order valence-electron chi connectivity index (χ1n) is 4.60. The summed E-state index contributed by atoms with van der Waals surface area (Å²) in [6, 6.07) is 2.95. The van der Waals surface area contributed by atoms with E-state index in [1.807, 2.05) is 0 Å². The second kappa shape index (κ2) is 2.94. The predicted octanol–water partition coefficient (Wildman–Crippen LogP) is 1.52. The van der Waals surface area contributed by atoms with E-state index in [0.717, 1.165) is 18.5 Å². The number of aryl methyl sites for hydroxylation is 1. The van der Waals surface area contributed by atoms with E-state index in [9.17, 15) is 0 Å². The molecule has 1 aromatic heterocycles. The Kier molecular flexibility index (Phi) is 1.93. The molecule has 66 valence electrons. The number of nitrogens with zero attached hydrogens (tertiary/aromatic N) is 1. The molecule has 2 atom stereocenters. The molecule has 0 saturated heterocycles. The summed E-state index contributed by atoms with van der Waals surface area (Å²) in [5.41, 5.74) is 1.39. The first-order chi connectivity index (χ1) is 5.75. The Bertz CT molecular complexity index is 265. The summed E-state index contributed by atoms with van der Waals surface area (Å²) < 4.78 is 2.09. The lowest BCUT2D eigenvalue weighted by molar-refractivity contribution is 0.652. The van der Waals surface area contributed by atoms with Gasteiger partial charge in [-0.3, -0.25) is 0 Å². The van der Waals surface area contributed by atoms with Crippen LogP contribution < -0.4 is 5.32 Å². The van der Waals surface area contributed by atoms with Gasteiger partial charge in [0, 0.05) is 32.0 Å². The van der Waals surface area contributed by atoms with Crippen LogP contribution in [0.25, 0.3) is 0 Å². The maximum atomic E-state index is 3.52. The van der Waals surface area contributed by atoms with Crippen molar-refractivity contribution in [2.75, 3.05) is 0 Å². The summed E-state index contributed by atoms with van der Waals surface area (Å²) in [5, 5.41) is 3.52. The molecule has 0 aromatic carbocycles. The Balaban J connectivity index is 1.80. The van der Waals surface area contributed by atoms with Crippen molar-refractivity contribution in [3.8, 4) is 0 Å². The molecule has 1 fully saturated rings. The van der Waals surface area contributed by atoms with Crippen molar-refractivity contribution in [1.82, 2.24) is 9.88 Å². The lowest BCUT2D eigenvalue weighted by Crippen LogP contribution is -2.16. The van der Waals surface area contributed by atoms with Crippen molar-refractivity contribution in [1.29, 1.82) is 0 Å². The first-order valence-corrected chi connectivity index (χ1v) is 4.60. The van der Waals surface area contributed by atoms with Crippen molar-refractivity contribution < 1.29 is 0 Å². The number of hydrogen-bond donors (Lipinski definition) is 1. The van der Waals surface area contributed by atoms with Crippen molar-refractivity contribution in [3.05, 3.63) is 24.0 Å². The molecule has 2 rings (SSSR count). The van der Waals surface area contributed by atoms with Crippen LogP contribution in [0, 0.1) is 5.92 Å². The number of rotatable bonds is 3. The molecule has 1 heterocycles. The van der Waals surface area contributed by atoms with Gasteiger partial charge in [-0.15, -0.1) is 0 Å². The van der Waals surface area contributed by atoms with Crippen molar-refractivity contribution in [2.24, 2.45) is 13.0 Å². The van der Waals surface area contributed by atoms with Crippen LogP contribution in [0.5, 0.6) is 0 Å². The van der Waals surface area contributed by atoms with E-state index in [1.165, 1.54) is 12.0 Å². The molecule has 0 spiro atoms. The summed E-state index contributed by atoms with van der Waals surface area (Å²) in [6.07, 6.45) is 5.61. The topological polar surface area (TPSA) is 17.0 Å². The molecule has 0 amide bonds. The van der Waals surface area contributed by atoms with Gasteiger partial charge in [0.1, 0.15) is 0 Å². The molecule has 1 aromatic rings. The van der Waals surface area contributed by atoms with Gasteiger partial charge in [-0.1, -0.05) is 6.92 Å². The number of aromatic nitrogens is 1. The van der Waals surface area contributed by atoms with Gasteiger partial charge in [-0.2, -0.15) is 0 Å². The van der Waals surface area contributed by atoms with Crippen molar-refractivity contribution in [2.45, 2.75) is 25.9 Å². The van der Waals surface area contributed by atoms with Crippen LogP contribution in [0.15, 0.2) is 18.5 Å². The highest BCUT2D eigenvalue weighted by Gasteiger charge is 2.31. The van der Waals surface area contributed by atoms with Crippen LogP contribution in [0.3, 0.4) is 0 Å². The zero-order valence-electron chi connectivity index (χ0n) is 7.75. The second-order valence-electron chi connectivity index (χ2n) is 3.89. The molecule has 2 nitrogen and oxygen atoms in total. The van der Waals surface area contributed by atoms with E-state index in [-0.39, 0.29) is 0 Å². The van der Waals surface area contributed by atoms with Gasteiger partial charge in [0.25, 0.3) is 0 Å². The second-order valence-corrected chi connectivity index (χ2v) is 3.89. The largest absolute Gasteiger partial charge is 0.357 e. The molecule has 0 radical (unpaired) electrons. The third-order valence-electron chi connectivity index (χ3n) is 2.57. The van der Waals surface area contributed by atoms with Gasteiger partial charge in [-0.25, -0.2) is 0 Å². The first kappa shape index (κ1) is 7.87. The Morgan fingerprint density at radius 3 is 2.92 bits per heavy atom. The van der Waals surface area contributed by atoms with E-state index >= 15 is 0 Å². The fourth-order valence-corrected chi connectivity index (χ4v) is 1.52. The van der Waals surface area contributed by atoms with Crippen LogP contribution >= 0.6 is 0 Å². The molecule has 0 bridgehead atoms. The van der Waals surface area contributed by atoms with E-state index in [0.29, 0.717) is 0 Å². The minimum absolute atomic E-state index is 0.783. The van der Waals surface area contributed by atoms with Crippen LogP contribution in [-0.4, -0.2) is 10.6 Å². The van der Waals surface area contributed by atoms with Gasteiger partial charge in [-0.05, 0) is 24.0 Å². The molecule has 1 saturated carbocycles. The summed E-state index contributed by atoms with van der Waals surface area (Å²) in [6.45, 7) is 3.32. The standard InChI is InChI=1S/C10H16N2/c1-8-5-10(8)11-6-9-3-4-12(2)7-9/h3-4,7-8,10-11H,5-6H2,1-2H3. The highest BCUT2D eigenvalue weighted by molar-refractivity contribution is 5.10. The van der Waals surface area contributed by atoms with Gasteiger partial charge in [0.2, 0.25) is 0 Å². The third kappa shape index (κ3) is 1.69. The fourth-order valence-electron chi connectivity index (χ4n) is 1.52. The van der Waals surface area contributed by atoms with Crippen molar-refractivity contribution >= 4 is 0 Å². The van der Waals surface area contributed by atoms with E-state index in [4.69, 9.17) is 0 Å². The lowest BCUT2D eigenvalue weighted by atomic mass is 10.3. The molecule has 0 aliphatic heterocycles. The normalized spacial score (nSPS) is 27.5. The average Bonchev–Trinajstić information content (AvgIpc) is 2.56. The molecular formula is C10H16N2. The Morgan fingerprint density at radius 1 is 1.67 bits per heavy atom. The monoisotopic (exact) mass is 164 g/mol. The van der Waals surface area contributed by atoms with Gasteiger partial charge >= 0.3 is 0 Å². The zero-order valence-corrected chi connectivity index (χ0v) is 7.75. The molecule has 1 N–H and O–H groups in total. The van der Waals surface area contributed by atoms with E-state index in [1.54, 1.807) is 0 Å². The maximum Gasteiger partial charge on any atom is 0.0223 e. The molecule has 1 aliphatic rings. The molecule has 2 unspecified atom stereocenters. The third-order valence-corrected chi connectivity index (χ3v) is 2.57. The lowest BCUT2D eigenvalue weighted by Gasteiger charge is -1.99. The van der Waals surface area contributed by atoms with Gasteiger partial charge in [0.05, 0.1) is 0 Å². The average molecular weight is 164 g/mol. The van der Waals surface area contributed by atoms with Crippen LogP contribution in [-0.2, 0) is 13.6 Å². The summed E-state index contributed by atoms with van der Waals surface area (Å²) in [7, 11) is 2.06. The Morgan fingerprint density at radius 2 is 2.42 bits per heavy atom. The minimum Gasteiger partial charge on any atom is -0.357 e. The number of hydrogen-bond acceptors (Lipinski definition) is 1. The summed E-state index contributed by atoms with van der Waals surface area (Å²) in [4.78, 5) is 0. The van der Waals surface area contributed by atoms with Gasteiger partial charge in [0.15, 0.2) is 0 Å². The number of nitrogens with one attached hydrogen (secondary N) is 1. The maximum absolute atomic E-state index is 3.52. The highest BCUT2D eigenvalue weighted by Crippen LogP contribution is 2.29. The fraction of sp³-hybridized carbons (Fsp3) is 0.600. The molecule has 12 heavy (non-hydrogen) atoms. The molecule has 1 aliphatic carbocycles. The van der Waals surface area contributed by atoms with Crippen LogP contribution in [0.1, 0.15) is 18.9 Å². The van der Waals surface area contributed by atoms with E-state index < -0.39 is 0 Å². The van der Waals surface area contributed by atoms with Crippen molar-refractivity contribution in [3.63, 3.8) is 0 Å². The predicted molar refractivity (Wildman–Crippen MR) is 49.8 cm³/mol. The quantitative estimate of drug-likeness (QED) is 0.716. The minimum atomic E-state index is 0.783. The molecular weight excluding hydrogens is 148 g/mol. The van der Waals surface area contributed by atoms with Crippen LogP contribution in [0.2, 0.25) is 0 Å². The Hall–Kier alpha value is -0.760. The summed E-state index contributed by atoms with van der Waals surface area (Å²) in [5.74, 6) is 0.897.